The van der Waals surface area contributed by atoms with Gasteiger partial charge in [0.2, 0.25) is 0 Å². The maximum Gasteiger partial charge on any atom is 0.409 e. The van der Waals surface area contributed by atoms with Crippen molar-refractivity contribution < 1.29 is 23.9 Å². The number of esters is 1. The molecule has 0 bridgehead atoms. The predicted molar refractivity (Wildman–Crippen MR) is 80.5 cm³/mol. The molecule has 23 heavy (non-hydrogen) atoms. The molecule has 2 amide bonds. The first-order valence-corrected chi connectivity index (χ1v) is 8.14. The highest BCUT2D eigenvalue weighted by Gasteiger charge is 2.51. The fourth-order valence-electron chi connectivity index (χ4n) is 3.23. The number of rotatable bonds is 3. The number of piperidine rings is 1. The first-order chi connectivity index (χ1) is 11.0. The van der Waals surface area contributed by atoms with E-state index in [4.69, 9.17) is 9.47 Å². The molecule has 2 fully saturated rings. The molecule has 3 rings (SSSR count). The zero-order valence-electron chi connectivity index (χ0n) is 13.5. The van der Waals surface area contributed by atoms with Crippen LogP contribution in [0.25, 0.3) is 0 Å². The number of hydrogen-bond acceptors (Lipinski definition) is 5. The lowest BCUT2D eigenvalue weighted by atomic mass is 9.83. The minimum Gasteiger partial charge on any atom is -0.450 e. The van der Waals surface area contributed by atoms with Crippen LogP contribution in [0.3, 0.4) is 0 Å². The van der Waals surface area contributed by atoms with E-state index < -0.39 is 11.6 Å². The molecular weight excluding hydrogens is 300 g/mol. The van der Waals surface area contributed by atoms with E-state index in [1.54, 1.807) is 18.7 Å². The van der Waals surface area contributed by atoms with E-state index in [-0.39, 0.29) is 18.0 Å². The summed E-state index contributed by atoms with van der Waals surface area (Å²) in [6.07, 6.45) is 2.44. The smallest absolute Gasteiger partial charge is 0.409 e. The molecule has 7 heteroatoms. The number of nitrogens with one attached hydrogen (secondary N) is 1. The average molecular weight is 322 g/mol. The molecular formula is C16H22N2O5. The minimum atomic E-state index is -0.900. The molecule has 0 aromatic rings. The molecule has 1 saturated heterocycles. The maximum atomic E-state index is 12.5. The Hall–Kier alpha value is -2.05. The zero-order chi connectivity index (χ0) is 16.6. The van der Waals surface area contributed by atoms with Crippen molar-refractivity contribution >= 4 is 18.0 Å². The summed E-state index contributed by atoms with van der Waals surface area (Å²) in [6, 6.07) is 0.218. The molecule has 0 unspecified atom stereocenters. The van der Waals surface area contributed by atoms with E-state index in [2.05, 4.69) is 5.32 Å². The lowest BCUT2D eigenvalue weighted by molar-refractivity contribution is -0.150. The van der Waals surface area contributed by atoms with E-state index in [0.29, 0.717) is 43.7 Å². The summed E-state index contributed by atoms with van der Waals surface area (Å²) in [5, 5.41) is 2.94. The van der Waals surface area contributed by atoms with E-state index >= 15 is 0 Å². The molecule has 1 aliphatic carbocycles. The molecule has 1 saturated carbocycles. The highest BCUT2D eigenvalue weighted by atomic mass is 16.6. The van der Waals surface area contributed by atoms with Crippen LogP contribution >= 0.6 is 0 Å². The second kappa shape index (κ2) is 5.86. The second-order valence-electron chi connectivity index (χ2n) is 6.32. The first-order valence-electron chi connectivity index (χ1n) is 8.14. The molecule has 126 valence electrons. The quantitative estimate of drug-likeness (QED) is 0.787. The van der Waals surface area contributed by atoms with Gasteiger partial charge in [0.25, 0.3) is 5.91 Å². The van der Waals surface area contributed by atoms with Gasteiger partial charge in [-0.2, -0.15) is 0 Å². The van der Waals surface area contributed by atoms with Gasteiger partial charge in [0, 0.05) is 37.5 Å². The van der Waals surface area contributed by atoms with E-state index in [1.165, 1.54) is 0 Å². The van der Waals surface area contributed by atoms with Crippen molar-refractivity contribution in [2.24, 2.45) is 0 Å². The zero-order valence-corrected chi connectivity index (χ0v) is 13.5. The second-order valence-corrected chi connectivity index (χ2v) is 6.32. The van der Waals surface area contributed by atoms with Gasteiger partial charge in [-0.3, -0.25) is 4.79 Å². The SMILES string of the molecule is CCOC(=O)N1CCC2(CC1)OC(=O)C(C)=C2C(=O)NC1CC1. The Morgan fingerprint density at radius 3 is 2.57 bits per heavy atom. The Labute approximate surface area is 135 Å². The summed E-state index contributed by atoms with van der Waals surface area (Å²) in [5.41, 5.74) is -0.0750. The molecule has 1 spiro atoms. The van der Waals surface area contributed by atoms with Gasteiger partial charge in [-0.25, -0.2) is 9.59 Å². The van der Waals surface area contributed by atoms with E-state index in [1.807, 2.05) is 0 Å². The standard InChI is InChI=1S/C16H22N2O5/c1-3-22-15(21)18-8-6-16(7-9-18)12(10(2)14(20)23-16)13(19)17-11-4-5-11/h11H,3-9H2,1-2H3,(H,17,19). The Morgan fingerprint density at radius 2 is 2.00 bits per heavy atom. The molecule has 0 atom stereocenters. The normalized spacial score (nSPS) is 23.0. The Bertz CT molecular complexity index is 571. The molecule has 0 radical (unpaired) electrons. The molecule has 3 aliphatic rings. The third-order valence-corrected chi connectivity index (χ3v) is 4.66. The average Bonchev–Trinajstić information content (AvgIpc) is 3.28. The molecule has 2 heterocycles. The van der Waals surface area contributed by atoms with Crippen LogP contribution in [0.1, 0.15) is 39.5 Å². The Morgan fingerprint density at radius 1 is 1.35 bits per heavy atom. The number of carbonyl (C=O) groups is 3. The largest absolute Gasteiger partial charge is 0.450 e. The lowest BCUT2D eigenvalue weighted by Gasteiger charge is -2.38. The van der Waals surface area contributed by atoms with Gasteiger partial charge in [-0.05, 0) is 26.7 Å². The Balaban J connectivity index is 1.74. The number of likely N-dealkylation sites (tertiary alicyclic amines) is 1. The third kappa shape index (κ3) is 2.92. The number of nitrogens with zero attached hydrogens (tertiary/aromatic N) is 1. The van der Waals surface area contributed by atoms with Crippen LogP contribution in [-0.4, -0.2) is 54.2 Å². The van der Waals surface area contributed by atoms with Crippen LogP contribution in [0.2, 0.25) is 0 Å². The summed E-state index contributed by atoms with van der Waals surface area (Å²) < 4.78 is 10.6. The first kappa shape index (κ1) is 15.8. The summed E-state index contributed by atoms with van der Waals surface area (Å²) in [4.78, 5) is 37.9. The van der Waals surface area contributed by atoms with Crippen molar-refractivity contribution in [3.63, 3.8) is 0 Å². The lowest BCUT2D eigenvalue weighted by Crippen LogP contribution is -2.50. The van der Waals surface area contributed by atoms with Crippen LogP contribution in [-0.2, 0) is 19.1 Å². The van der Waals surface area contributed by atoms with Gasteiger partial charge < -0.3 is 19.7 Å². The van der Waals surface area contributed by atoms with Crippen LogP contribution in [0.15, 0.2) is 11.1 Å². The van der Waals surface area contributed by atoms with Gasteiger partial charge in [-0.1, -0.05) is 0 Å². The van der Waals surface area contributed by atoms with Gasteiger partial charge in [0.05, 0.1) is 12.2 Å². The van der Waals surface area contributed by atoms with Crippen LogP contribution in [0.4, 0.5) is 4.79 Å². The van der Waals surface area contributed by atoms with Gasteiger partial charge >= 0.3 is 12.1 Å². The highest BCUT2D eigenvalue weighted by Crippen LogP contribution is 2.41. The molecule has 0 aromatic carbocycles. The minimum absolute atomic E-state index is 0.208. The van der Waals surface area contributed by atoms with Gasteiger partial charge in [-0.15, -0.1) is 0 Å². The summed E-state index contributed by atoms with van der Waals surface area (Å²) in [6.45, 7) is 4.52. The maximum absolute atomic E-state index is 12.5. The molecule has 7 nitrogen and oxygen atoms in total. The van der Waals surface area contributed by atoms with Gasteiger partial charge in [0.1, 0.15) is 5.60 Å². The van der Waals surface area contributed by atoms with Crippen molar-refractivity contribution in [3.8, 4) is 0 Å². The molecule has 2 aliphatic heterocycles. The fraction of sp³-hybridized carbons (Fsp3) is 0.688. The summed E-state index contributed by atoms with van der Waals surface area (Å²) in [7, 11) is 0. The third-order valence-electron chi connectivity index (χ3n) is 4.66. The monoisotopic (exact) mass is 322 g/mol. The van der Waals surface area contributed by atoms with E-state index in [9.17, 15) is 14.4 Å². The van der Waals surface area contributed by atoms with Crippen molar-refractivity contribution in [1.82, 2.24) is 10.2 Å². The number of hydrogen-bond donors (Lipinski definition) is 1. The van der Waals surface area contributed by atoms with Crippen molar-refractivity contribution in [1.29, 1.82) is 0 Å². The van der Waals surface area contributed by atoms with Crippen LogP contribution in [0, 0.1) is 0 Å². The number of amides is 2. The van der Waals surface area contributed by atoms with Crippen LogP contribution in [0.5, 0.6) is 0 Å². The highest BCUT2D eigenvalue weighted by molar-refractivity contribution is 6.07. The fourth-order valence-corrected chi connectivity index (χ4v) is 3.23. The molecule has 1 N–H and O–H groups in total. The van der Waals surface area contributed by atoms with Crippen molar-refractivity contribution in [3.05, 3.63) is 11.1 Å². The van der Waals surface area contributed by atoms with Gasteiger partial charge in [0.15, 0.2) is 0 Å². The van der Waals surface area contributed by atoms with Crippen molar-refractivity contribution in [2.45, 2.75) is 51.2 Å². The Kier molecular flexibility index (Phi) is 4.04. The van der Waals surface area contributed by atoms with Crippen molar-refractivity contribution in [2.75, 3.05) is 19.7 Å². The topological polar surface area (TPSA) is 84.9 Å². The summed E-state index contributed by atoms with van der Waals surface area (Å²) >= 11 is 0. The summed E-state index contributed by atoms with van der Waals surface area (Å²) in [5.74, 6) is -0.643. The number of carbonyl (C=O) groups excluding carboxylic acids is 3. The predicted octanol–water partition coefficient (Wildman–Crippen LogP) is 1.13. The van der Waals surface area contributed by atoms with E-state index in [0.717, 1.165) is 12.8 Å². The van der Waals surface area contributed by atoms with Crippen LogP contribution < -0.4 is 5.32 Å². The molecule has 0 aromatic heterocycles. The number of ether oxygens (including phenoxy) is 2.